The number of aromatic nitrogens is 12. The second-order valence-corrected chi connectivity index (χ2v) is 36.1. The molecular formula is C128H80N12. The molecule has 0 unspecified atom stereocenters. The van der Waals surface area contributed by atoms with Crippen LogP contribution in [0.5, 0.6) is 0 Å². The molecule has 0 amide bonds. The van der Waals surface area contributed by atoms with Gasteiger partial charge >= 0.3 is 0 Å². The van der Waals surface area contributed by atoms with Crippen LogP contribution in [0.4, 0.5) is 0 Å². The molecule has 652 valence electrons. The third-order valence-electron chi connectivity index (χ3n) is 28.3. The van der Waals surface area contributed by atoms with Crippen molar-refractivity contribution in [3.8, 4) is 78.6 Å². The predicted molar refractivity (Wildman–Crippen MR) is 581 cm³/mol. The molecule has 0 aliphatic heterocycles. The Morgan fingerprint density at radius 2 is 0.343 bits per heavy atom. The summed E-state index contributed by atoms with van der Waals surface area (Å²) in [4.78, 5) is 29.3. The Morgan fingerprint density at radius 1 is 0.129 bits per heavy atom. The van der Waals surface area contributed by atoms with E-state index in [4.69, 9.17) is 29.9 Å². The highest BCUT2D eigenvalue weighted by Gasteiger charge is 2.26. The zero-order valence-electron chi connectivity index (χ0n) is 75.6. The summed E-state index contributed by atoms with van der Waals surface area (Å²) in [5.41, 5.74) is 36.2. The van der Waals surface area contributed by atoms with E-state index in [1.165, 1.54) is 98.9 Å². The molecule has 12 heteroatoms. The van der Waals surface area contributed by atoms with Crippen molar-refractivity contribution in [3.63, 3.8) is 0 Å². The van der Waals surface area contributed by atoms with E-state index in [9.17, 15) is 0 Å². The van der Waals surface area contributed by atoms with Crippen LogP contribution >= 0.6 is 0 Å². The monoisotopic (exact) mass is 1780 g/mol. The second-order valence-electron chi connectivity index (χ2n) is 36.1. The summed E-state index contributed by atoms with van der Waals surface area (Å²) in [5, 5.41) is 18.5. The smallest absolute Gasteiger partial charge is 0.0963 e. The fraction of sp³-hybridized carbons (Fsp3) is 0. The molecule has 12 nitrogen and oxygen atoms in total. The van der Waals surface area contributed by atoms with Crippen molar-refractivity contribution in [2.75, 3.05) is 0 Å². The molecule has 0 radical (unpaired) electrons. The highest BCUT2D eigenvalue weighted by Crippen LogP contribution is 2.47. The zero-order chi connectivity index (χ0) is 92.0. The van der Waals surface area contributed by atoms with Gasteiger partial charge in [-0.05, 0) is 233 Å². The number of pyridine rings is 6. The number of hydrogen-bond acceptors (Lipinski definition) is 6. The molecule has 0 saturated carbocycles. The maximum Gasteiger partial charge on any atom is 0.0963 e. The first kappa shape index (κ1) is 79.5. The van der Waals surface area contributed by atoms with Crippen molar-refractivity contribution in [2.45, 2.75) is 0 Å². The van der Waals surface area contributed by atoms with Gasteiger partial charge < -0.3 is 27.4 Å². The van der Waals surface area contributed by atoms with E-state index in [0.717, 1.165) is 165 Å². The second kappa shape index (κ2) is 32.4. The summed E-state index contributed by atoms with van der Waals surface area (Å²) >= 11 is 0. The van der Waals surface area contributed by atoms with Crippen LogP contribution in [0.1, 0.15) is 0 Å². The Kier molecular flexibility index (Phi) is 18.4. The number of benzene rings is 18. The van der Waals surface area contributed by atoms with Crippen molar-refractivity contribution in [1.29, 1.82) is 0 Å². The van der Waals surface area contributed by atoms with Crippen molar-refractivity contribution < 1.29 is 0 Å². The minimum atomic E-state index is 0.988. The summed E-state index contributed by atoms with van der Waals surface area (Å²) < 4.78 is 14.2. The molecule has 18 aromatic carbocycles. The van der Waals surface area contributed by atoms with Crippen LogP contribution in [0.15, 0.2) is 486 Å². The molecule has 0 aliphatic rings. The van der Waals surface area contributed by atoms with Gasteiger partial charge in [-0.3, -0.25) is 29.9 Å². The lowest BCUT2D eigenvalue weighted by molar-refractivity contribution is 1.18. The van der Waals surface area contributed by atoms with E-state index in [2.05, 4.69) is 470 Å². The number of nitrogens with zero attached hydrogens (tertiary/aromatic N) is 12. The van der Waals surface area contributed by atoms with Gasteiger partial charge in [-0.2, -0.15) is 0 Å². The van der Waals surface area contributed by atoms with Crippen molar-refractivity contribution >= 4 is 185 Å². The molecule has 0 atom stereocenters. The third kappa shape index (κ3) is 12.8. The third-order valence-corrected chi connectivity index (χ3v) is 28.3. The molecule has 30 aromatic rings. The van der Waals surface area contributed by atoms with Gasteiger partial charge in [0.1, 0.15) is 0 Å². The van der Waals surface area contributed by atoms with Gasteiger partial charge in [0.25, 0.3) is 0 Å². The summed E-state index contributed by atoms with van der Waals surface area (Å²) in [7, 11) is 0. The SMILES string of the molecule is c1ccc(-c2ccc(-n3c4ccc(-c5ccc6c(c5)c5cnc7ccccc7c5n6-c5ccccc5)cc4c4cnc5ccccc5c43)cc2)cc1.c1ccc(-n2c3ccc(-c4ccc5c(c4)c4cnc6ccccc6c4n5-c4ccccc4)cc3c3cnc4ccccc4c32)cc1.c1ccc(-n2c3ccc(-c4ccc5c(c4)c4cnc6ccccc6c4n5-c4ccccc4)cc3c3ncccc32)cc1. The summed E-state index contributed by atoms with van der Waals surface area (Å²) in [6.45, 7) is 0. The zero-order valence-corrected chi connectivity index (χ0v) is 75.6. The van der Waals surface area contributed by atoms with Crippen molar-refractivity contribution in [2.24, 2.45) is 0 Å². The van der Waals surface area contributed by atoms with E-state index in [1.54, 1.807) is 0 Å². The molecule has 12 aromatic heterocycles. The Morgan fingerprint density at radius 3 is 0.621 bits per heavy atom. The first-order valence-electron chi connectivity index (χ1n) is 47.4. The van der Waals surface area contributed by atoms with Crippen LogP contribution in [-0.4, -0.2) is 57.3 Å². The van der Waals surface area contributed by atoms with Gasteiger partial charge in [-0.25, -0.2) is 0 Å². The van der Waals surface area contributed by atoms with E-state index < -0.39 is 0 Å². The van der Waals surface area contributed by atoms with Crippen LogP contribution < -0.4 is 0 Å². The normalized spacial score (nSPS) is 11.9. The van der Waals surface area contributed by atoms with Gasteiger partial charge in [0, 0.05) is 157 Å². The van der Waals surface area contributed by atoms with E-state index in [-0.39, 0.29) is 0 Å². The van der Waals surface area contributed by atoms with Gasteiger partial charge in [0.05, 0.1) is 99.3 Å². The van der Waals surface area contributed by atoms with Crippen LogP contribution in [0, 0.1) is 0 Å². The standard InChI is InChI=1S/C48H30N4.C42H26N4.C38H24N4/c1-3-11-31(12-4-1)32-19-23-36(24-20-32)52-46-26-22-34(28-40(46)42-30-50-44-18-10-8-16-38(44)48(42)52)33-21-25-45-39(27-33)41-29-49-43-17-9-7-15-37(43)47(41)51(45)35-13-5-2-6-14-35;1-3-11-29(12-4-1)45-39-21-19-27(23-33(39)35-25-43-37-17-9-7-15-31(37)41(35)45)28-20-22-40-34(24-28)36-26-44-38-18-10-8-16-32(38)42(36)46(40)30-13-5-2-6-14-30;1-3-10-27(11-4-1)41-35-20-18-26(23-31(35)37-36(41)16-9-21-39-37)25-17-19-34-30(22-25)32-24-40-33-15-8-7-14-29(33)38(32)42(34)28-12-5-2-6-13-28/h1-30H;1-26H;1-24H. The average Bonchev–Trinajstić information content (AvgIpc) is 1.57. The summed E-state index contributed by atoms with van der Waals surface area (Å²) in [5.74, 6) is 0. The number of fused-ring (bicyclic) bond motifs is 28. The quantitative estimate of drug-likeness (QED) is 0.135. The van der Waals surface area contributed by atoms with Gasteiger partial charge in [-0.15, -0.1) is 0 Å². The largest absolute Gasteiger partial charge is 0.309 e. The molecule has 0 bridgehead atoms. The van der Waals surface area contributed by atoms with Gasteiger partial charge in [0.2, 0.25) is 0 Å². The molecular weight excluding hydrogens is 1710 g/mol. The Bertz CT molecular complexity index is 10100. The van der Waals surface area contributed by atoms with E-state index in [1.807, 2.05) is 43.2 Å². The maximum absolute atomic E-state index is 4.93. The molecule has 12 heterocycles. The molecule has 0 fully saturated rings. The lowest BCUT2D eigenvalue weighted by Crippen LogP contribution is -1.95. The fourth-order valence-corrected chi connectivity index (χ4v) is 22.0. The van der Waals surface area contributed by atoms with Gasteiger partial charge in [-0.1, -0.05) is 261 Å². The Balaban J connectivity index is 0.000000104. The Labute approximate surface area is 802 Å². The molecule has 30 rings (SSSR count). The van der Waals surface area contributed by atoms with Crippen molar-refractivity contribution in [1.82, 2.24) is 57.3 Å². The summed E-state index contributed by atoms with van der Waals surface area (Å²) in [6, 6.07) is 160. The average molecular weight is 1790 g/mol. The summed E-state index contributed by atoms with van der Waals surface area (Å²) in [6.07, 6.45) is 12.1. The molecule has 140 heavy (non-hydrogen) atoms. The van der Waals surface area contributed by atoms with Crippen molar-refractivity contribution in [3.05, 3.63) is 486 Å². The van der Waals surface area contributed by atoms with Crippen LogP contribution in [-0.2, 0) is 0 Å². The van der Waals surface area contributed by atoms with Gasteiger partial charge in [0.15, 0.2) is 0 Å². The molecule has 0 spiro atoms. The van der Waals surface area contributed by atoms with Crippen LogP contribution in [0.2, 0.25) is 0 Å². The topological polar surface area (TPSA) is 107 Å². The predicted octanol–water partition coefficient (Wildman–Crippen LogP) is 32.4. The molecule has 0 saturated heterocycles. The highest BCUT2D eigenvalue weighted by atomic mass is 15.0. The fourth-order valence-electron chi connectivity index (χ4n) is 22.0. The highest BCUT2D eigenvalue weighted by molar-refractivity contribution is 6.24. The number of para-hydroxylation sites is 10. The van der Waals surface area contributed by atoms with Crippen LogP contribution in [0.25, 0.3) is 264 Å². The number of hydrogen-bond donors (Lipinski definition) is 0. The van der Waals surface area contributed by atoms with Crippen LogP contribution in [0.3, 0.4) is 0 Å². The van der Waals surface area contributed by atoms with E-state index in [0.29, 0.717) is 0 Å². The number of rotatable bonds is 10. The molecule has 0 N–H and O–H groups in total. The lowest BCUT2D eigenvalue weighted by Gasteiger charge is -2.11. The Hall–Kier alpha value is -19.0. The lowest BCUT2D eigenvalue weighted by atomic mass is 10.0. The molecule has 0 aliphatic carbocycles. The first-order valence-corrected chi connectivity index (χ1v) is 47.4. The maximum atomic E-state index is 4.93. The minimum Gasteiger partial charge on any atom is -0.309 e. The van der Waals surface area contributed by atoms with E-state index >= 15 is 0 Å². The first-order chi connectivity index (χ1) is 69.5. The minimum absolute atomic E-state index is 0.988.